The number of benzene rings is 5. The summed E-state index contributed by atoms with van der Waals surface area (Å²) in [6.45, 7) is 8.69. The van der Waals surface area contributed by atoms with Gasteiger partial charge >= 0.3 is 0 Å². The lowest BCUT2D eigenvalue weighted by atomic mass is 10.1. The molecular formula is C38H28N2S2. The number of fused-ring (bicyclic) bond motifs is 10. The van der Waals surface area contributed by atoms with E-state index in [1.165, 1.54) is 96.0 Å². The molecule has 0 bridgehead atoms. The summed E-state index contributed by atoms with van der Waals surface area (Å²) in [5.74, 6) is 0. The second-order valence-electron chi connectivity index (χ2n) is 11.8. The van der Waals surface area contributed by atoms with Crippen LogP contribution in [-0.2, 0) is 0 Å². The average Bonchev–Trinajstić information content (AvgIpc) is 3.69. The van der Waals surface area contributed by atoms with Gasteiger partial charge in [-0.2, -0.15) is 0 Å². The first-order valence-corrected chi connectivity index (χ1v) is 16.1. The Morgan fingerprint density at radius 2 is 0.786 bits per heavy atom. The molecule has 0 saturated heterocycles. The van der Waals surface area contributed by atoms with Crippen LogP contribution in [0.1, 0.15) is 22.3 Å². The molecule has 0 aliphatic rings. The van der Waals surface area contributed by atoms with Gasteiger partial charge in [0, 0.05) is 42.3 Å². The topological polar surface area (TPSA) is 9.86 Å². The fourth-order valence-electron chi connectivity index (χ4n) is 6.67. The van der Waals surface area contributed by atoms with Crippen LogP contribution in [0.15, 0.2) is 97.1 Å². The van der Waals surface area contributed by atoms with E-state index >= 15 is 0 Å². The third kappa shape index (κ3) is 3.31. The van der Waals surface area contributed by atoms with E-state index in [0.29, 0.717) is 0 Å². The summed E-state index contributed by atoms with van der Waals surface area (Å²) in [6.07, 6.45) is 0. The minimum Gasteiger partial charge on any atom is -0.308 e. The van der Waals surface area contributed by atoms with Gasteiger partial charge in [0.15, 0.2) is 0 Å². The minimum absolute atomic E-state index is 1.21. The largest absolute Gasteiger partial charge is 0.308 e. The Labute approximate surface area is 251 Å². The van der Waals surface area contributed by atoms with E-state index in [9.17, 15) is 0 Å². The summed E-state index contributed by atoms with van der Waals surface area (Å²) in [5, 5.41) is 5.28. The van der Waals surface area contributed by atoms with Crippen LogP contribution in [0.3, 0.4) is 0 Å². The second kappa shape index (κ2) is 8.57. The van der Waals surface area contributed by atoms with E-state index in [-0.39, 0.29) is 0 Å². The SMILES string of the molecule is Cc1ccc(-n2c3cc4c5sc6cc(C)ccc6c5n(-c5ccc(C)cc5)c4cc3c3sc4cc(C)ccc4c32)cc1. The zero-order valence-corrected chi connectivity index (χ0v) is 25.6. The van der Waals surface area contributed by atoms with Crippen LogP contribution in [0.4, 0.5) is 0 Å². The van der Waals surface area contributed by atoms with Gasteiger partial charge in [-0.3, -0.25) is 0 Å². The Kier molecular flexibility index (Phi) is 4.95. The van der Waals surface area contributed by atoms with Crippen molar-refractivity contribution in [2.24, 2.45) is 0 Å². The Balaban J connectivity index is 1.50. The number of rotatable bonds is 2. The molecule has 0 aliphatic carbocycles. The zero-order chi connectivity index (χ0) is 28.3. The molecule has 42 heavy (non-hydrogen) atoms. The summed E-state index contributed by atoms with van der Waals surface area (Å²) in [7, 11) is 0. The van der Waals surface area contributed by atoms with E-state index < -0.39 is 0 Å². The maximum atomic E-state index is 2.50. The highest BCUT2D eigenvalue weighted by Gasteiger charge is 2.23. The highest BCUT2D eigenvalue weighted by molar-refractivity contribution is 7.27. The molecule has 0 spiro atoms. The lowest BCUT2D eigenvalue weighted by Crippen LogP contribution is -1.95. The van der Waals surface area contributed by atoms with Crippen molar-refractivity contribution in [2.75, 3.05) is 0 Å². The number of thiophene rings is 2. The van der Waals surface area contributed by atoms with Crippen molar-refractivity contribution in [1.29, 1.82) is 0 Å². The van der Waals surface area contributed by atoms with Crippen LogP contribution >= 0.6 is 22.7 Å². The maximum absolute atomic E-state index is 2.50. The Hall–Kier alpha value is -4.38. The molecule has 5 aromatic carbocycles. The maximum Gasteiger partial charge on any atom is 0.0727 e. The van der Waals surface area contributed by atoms with Gasteiger partial charge in [-0.25, -0.2) is 0 Å². The number of aryl methyl sites for hydroxylation is 4. The third-order valence-electron chi connectivity index (χ3n) is 8.76. The highest BCUT2D eigenvalue weighted by atomic mass is 32.1. The summed E-state index contributed by atoms with van der Waals surface area (Å²) < 4.78 is 10.4. The predicted octanol–water partition coefficient (Wildman–Crippen LogP) is 11.5. The molecule has 9 rings (SSSR count). The summed E-state index contributed by atoms with van der Waals surface area (Å²) in [5.41, 5.74) is 12.7. The van der Waals surface area contributed by atoms with Crippen LogP contribution in [-0.4, -0.2) is 9.13 Å². The highest BCUT2D eigenvalue weighted by Crippen LogP contribution is 2.48. The van der Waals surface area contributed by atoms with Crippen LogP contribution in [0.25, 0.3) is 73.8 Å². The van der Waals surface area contributed by atoms with Crippen molar-refractivity contribution in [2.45, 2.75) is 27.7 Å². The van der Waals surface area contributed by atoms with Crippen LogP contribution < -0.4 is 0 Å². The molecular weight excluding hydrogens is 549 g/mol. The van der Waals surface area contributed by atoms with Gasteiger partial charge in [0.1, 0.15) is 0 Å². The summed E-state index contributed by atoms with van der Waals surface area (Å²) >= 11 is 3.84. The molecule has 0 amide bonds. The molecule has 9 aromatic rings. The molecule has 0 radical (unpaired) electrons. The molecule has 0 saturated carbocycles. The van der Waals surface area contributed by atoms with Gasteiger partial charge in [0.2, 0.25) is 0 Å². The standard InChI is InChI=1S/C38H28N2S2/c1-21-5-11-25(12-6-21)39-31-19-30-32(20-29(31)37-35(39)27-15-9-23(3)17-33(27)41-37)40(26-13-7-22(2)8-14-26)36-28-16-10-24(4)18-34(28)42-38(30)36/h5-20H,1-4H3. The van der Waals surface area contributed by atoms with Gasteiger partial charge in [-0.15, -0.1) is 22.7 Å². The fourth-order valence-corrected chi connectivity index (χ4v) is 9.29. The quantitative estimate of drug-likeness (QED) is 0.194. The van der Waals surface area contributed by atoms with E-state index in [4.69, 9.17) is 0 Å². The van der Waals surface area contributed by atoms with Gasteiger partial charge in [-0.1, -0.05) is 59.7 Å². The van der Waals surface area contributed by atoms with Crippen molar-refractivity contribution in [3.63, 3.8) is 0 Å². The van der Waals surface area contributed by atoms with Gasteiger partial charge < -0.3 is 9.13 Å². The van der Waals surface area contributed by atoms with Crippen molar-refractivity contribution < 1.29 is 0 Å². The summed E-state index contributed by atoms with van der Waals surface area (Å²) in [4.78, 5) is 0. The molecule has 4 heteroatoms. The molecule has 0 aliphatic heterocycles. The fraction of sp³-hybridized carbons (Fsp3) is 0.105. The molecule has 4 heterocycles. The van der Waals surface area contributed by atoms with Gasteiger partial charge in [0.05, 0.1) is 31.5 Å². The predicted molar refractivity (Wildman–Crippen MR) is 185 cm³/mol. The third-order valence-corrected chi connectivity index (χ3v) is 11.1. The molecule has 0 fully saturated rings. The van der Waals surface area contributed by atoms with E-state index in [1.807, 2.05) is 22.7 Å². The van der Waals surface area contributed by atoms with Gasteiger partial charge in [-0.05, 0) is 87.4 Å². The Bertz CT molecular complexity index is 2350. The Morgan fingerprint density at radius 1 is 0.405 bits per heavy atom. The first-order chi connectivity index (χ1) is 20.4. The van der Waals surface area contributed by atoms with E-state index in [1.54, 1.807) is 0 Å². The molecule has 2 nitrogen and oxygen atoms in total. The molecule has 202 valence electrons. The first kappa shape index (κ1) is 24.2. The van der Waals surface area contributed by atoms with Crippen molar-refractivity contribution in [3.8, 4) is 11.4 Å². The van der Waals surface area contributed by atoms with E-state index in [0.717, 1.165) is 0 Å². The van der Waals surface area contributed by atoms with Crippen molar-refractivity contribution in [3.05, 3.63) is 119 Å². The summed E-state index contributed by atoms with van der Waals surface area (Å²) in [6, 6.07) is 36.7. The lowest BCUT2D eigenvalue weighted by Gasteiger charge is -2.10. The van der Waals surface area contributed by atoms with Crippen LogP contribution in [0.2, 0.25) is 0 Å². The molecule has 0 N–H and O–H groups in total. The number of aromatic nitrogens is 2. The van der Waals surface area contributed by atoms with Gasteiger partial charge in [0.25, 0.3) is 0 Å². The monoisotopic (exact) mass is 576 g/mol. The minimum atomic E-state index is 1.21. The molecule has 0 atom stereocenters. The van der Waals surface area contributed by atoms with Crippen molar-refractivity contribution in [1.82, 2.24) is 9.13 Å². The number of nitrogens with zero attached hydrogens (tertiary/aromatic N) is 2. The van der Waals surface area contributed by atoms with Crippen molar-refractivity contribution >= 4 is 85.1 Å². The Morgan fingerprint density at radius 3 is 1.19 bits per heavy atom. The first-order valence-electron chi connectivity index (χ1n) is 14.4. The zero-order valence-electron chi connectivity index (χ0n) is 23.9. The number of hydrogen-bond donors (Lipinski definition) is 0. The second-order valence-corrected chi connectivity index (χ2v) is 13.9. The normalized spacial score (nSPS) is 12.3. The average molecular weight is 577 g/mol. The van der Waals surface area contributed by atoms with E-state index in [2.05, 4.69) is 134 Å². The molecule has 0 unspecified atom stereocenters. The molecule has 4 aromatic heterocycles. The van der Waals surface area contributed by atoms with Crippen LogP contribution in [0.5, 0.6) is 0 Å². The number of hydrogen-bond acceptors (Lipinski definition) is 2. The van der Waals surface area contributed by atoms with Crippen LogP contribution in [0, 0.1) is 27.7 Å². The lowest BCUT2D eigenvalue weighted by molar-refractivity contribution is 1.18. The smallest absolute Gasteiger partial charge is 0.0727 e.